The molecule has 1 unspecified atom stereocenters. The van der Waals surface area contributed by atoms with Crippen LogP contribution in [-0.2, 0) is 6.54 Å². The molecule has 0 saturated carbocycles. The first kappa shape index (κ1) is 24.8. The van der Waals surface area contributed by atoms with Crippen LogP contribution in [0.15, 0.2) is 53.8 Å². The number of aliphatic imine (C=N–C) groups is 1. The number of nitrogens with zero attached hydrogens (tertiary/aromatic N) is 4. The Hall–Kier alpha value is -2.82. The summed E-state index contributed by atoms with van der Waals surface area (Å²) in [6, 6.07) is 14.4. The van der Waals surface area contributed by atoms with Gasteiger partial charge in [0.05, 0.1) is 20.8 Å². The van der Waals surface area contributed by atoms with Gasteiger partial charge in [0.1, 0.15) is 17.8 Å². The van der Waals surface area contributed by atoms with Crippen molar-refractivity contribution in [1.29, 1.82) is 0 Å². The summed E-state index contributed by atoms with van der Waals surface area (Å²) in [6.45, 7) is 5.37. The molecule has 33 heavy (non-hydrogen) atoms. The third kappa shape index (κ3) is 6.16. The lowest BCUT2D eigenvalue weighted by Gasteiger charge is -2.22. The van der Waals surface area contributed by atoms with Crippen molar-refractivity contribution < 1.29 is 9.47 Å². The van der Waals surface area contributed by atoms with Crippen molar-refractivity contribution in [2.24, 2.45) is 4.99 Å². The highest BCUT2D eigenvalue weighted by Gasteiger charge is 2.27. The first-order chi connectivity index (χ1) is 15.7. The highest BCUT2D eigenvalue weighted by Crippen LogP contribution is 2.33. The third-order valence-corrected chi connectivity index (χ3v) is 5.69. The quantitative estimate of drug-likeness (QED) is 0.257. The SMILES string of the molecule is CCNC(=NCc1cccc(-c2ncn[nH]2)c1)N1CCC(c2cc(OC)cc(OC)c2)C1.I. The monoisotopic (exact) mass is 562 g/mol. The number of methoxy groups -OCH3 is 2. The van der Waals surface area contributed by atoms with Gasteiger partial charge in [-0.05, 0) is 42.7 Å². The van der Waals surface area contributed by atoms with Gasteiger partial charge in [0.2, 0.25) is 0 Å². The Labute approximate surface area is 211 Å². The normalized spacial score (nSPS) is 15.8. The molecular weight excluding hydrogens is 531 g/mol. The fraction of sp³-hybridized carbons (Fsp3) is 0.375. The second-order valence-corrected chi connectivity index (χ2v) is 7.78. The van der Waals surface area contributed by atoms with E-state index >= 15 is 0 Å². The molecule has 1 saturated heterocycles. The summed E-state index contributed by atoms with van der Waals surface area (Å²) in [7, 11) is 3.37. The average molecular weight is 562 g/mol. The maximum atomic E-state index is 5.45. The molecule has 1 aromatic heterocycles. The standard InChI is InChI=1S/C24H30N6O2.HI/c1-4-25-24(26-14-17-6-5-7-18(10-17)23-27-16-28-29-23)30-9-8-19(15-30)20-11-21(31-2)13-22(12-20)32-3;/h5-7,10-13,16,19H,4,8-9,14-15H2,1-3H3,(H,25,26)(H,27,28,29);1H. The molecule has 2 aromatic carbocycles. The van der Waals surface area contributed by atoms with Gasteiger partial charge in [-0.15, -0.1) is 24.0 Å². The first-order valence-corrected chi connectivity index (χ1v) is 10.9. The number of hydrogen-bond acceptors (Lipinski definition) is 5. The number of ether oxygens (including phenoxy) is 2. The van der Waals surface area contributed by atoms with Crippen LogP contribution >= 0.6 is 24.0 Å². The summed E-state index contributed by atoms with van der Waals surface area (Å²) >= 11 is 0. The lowest BCUT2D eigenvalue weighted by atomic mass is 9.98. The number of H-pyrrole nitrogens is 1. The molecule has 1 fully saturated rings. The fourth-order valence-electron chi connectivity index (χ4n) is 4.04. The minimum absolute atomic E-state index is 0. The van der Waals surface area contributed by atoms with Crippen LogP contribution in [0, 0.1) is 0 Å². The molecule has 1 aliphatic heterocycles. The van der Waals surface area contributed by atoms with Gasteiger partial charge in [0.15, 0.2) is 11.8 Å². The zero-order chi connectivity index (χ0) is 22.3. The van der Waals surface area contributed by atoms with Gasteiger partial charge in [-0.25, -0.2) is 9.98 Å². The highest BCUT2D eigenvalue weighted by molar-refractivity contribution is 14.0. The Morgan fingerprint density at radius 3 is 2.64 bits per heavy atom. The van der Waals surface area contributed by atoms with Gasteiger partial charge in [-0.3, -0.25) is 5.10 Å². The summed E-state index contributed by atoms with van der Waals surface area (Å²) in [4.78, 5) is 11.5. The minimum Gasteiger partial charge on any atom is -0.497 e. The number of likely N-dealkylation sites (tertiary alicyclic amines) is 1. The van der Waals surface area contributed by atoms with Crippen LogP contribution in [0.3, 0.4) is 0 Å². The van der Waals surface area contributed by atoms with Gasteiger partial charge < -0.3 is 19.7 Å². The third-order valence-electron chi connectivity index (χ3n) is 5.69. The number of aromatic nitrogens is 3. The van der Waals surface area contributed by atoms with E-state index in [-0.39, 0.29) is 24.0 Å². The van der Waals surface area contributed by atoms with Gasteiger partial charge >= 0.3 is 0 Å². The van der Waals surface area contributed by atoms with Crippen molar-refractivity contribution in [3.63, 3.8) is 0 Å². The molecule has 1 atom stereocenters. The van der Waals surface area contributed by atoms with Crippen molar-refractivity contribution in [3.8, 4) is 22.9 Å². The molecule has 0 aliphatic carbocycles. The lowest BCUT2D eigenvalue weighted by molar-refractivity contribution is 0.392. The molecule has 0 amide bonds. The Bertz CT molecular complexity index is 1030. The summed E-state index contributed by atoms with van der Waals surface area (Å²) in [6.07, 6.45) is 2.58. The average Bonchev–Trinajstić information content (AvgIpc) is 3.54. The Balaban J connectivity index is 0.00000306. The van der Waals surface area contributed by atoms with Crippen LogP contribution in [0.5, 0.6) is 11.5 Å². The van der Waals surface area contributed by atoms with E-state index in [1.165, 1.54) is 11.9 Å². The minimum atomic E-state index is 0. The summed E-state index contributed by atoms with van der Waals surface area (Å²) in [5.74, 6) is 3.75. The predicted octanol–water partition coefficient (Wildman–Crippen LogP) is 4.06. The molecule has 176 valence electrons. The zero-order valence-corrected chi connectivity index (χ0v) is 21.6. The molecule has 3 aromatic rings. The van der Waals surface area contributed by atoms with Gasteiger partial charge in [0.25, 0.3) is 0 Å². The van der Waals surface area contributed by atoms with Gasteiger partial charge in [0, 0.05) is 37.2 Å². The highest BCUT2D eigenvalue weighted by atomic mass is 127. The second kappa shape index (κ2) is 11.9. The molecule has 0 spiro atoms. The lowest BCUT2D eigenvalue weighted by Crippen LogP contribution is -2.40. The van der Waals surface area contributed by atoms with Crippen LogP contribution in [0.1, 0.15) is 30.4 Å². The van der Waals surface area contributed by atoms with Crippen LogP contribution in [0.4, 0.5) is 0 Å². The summed E-state index contributed by atoms with van der Waals surface area (Å²) in [5, 5.41) is 10.3. The number of benzene rings is 2. The Morgan fingerprint density at radius 1 is 1.18 bits per heavy atom. The molecule has 8 nitrogen and oxygen atoms in total. The van der Waals surface area contributed by atoms with Gasteiger partial charge in [-0.2, -0.15) is 5.10 Å². The smallest absolute Gasteiger partial charge is 0.194 e. The van der Waals surface area contributed by atoms with Crippen LogP contribution < -0.4 is 14.8 Å². The zero-order valence-electron chi connectivity index (χ0n) is 19.2. The summed E-state index contributed by atoms with van der Waals surface area (Å²) < 4.78 is 10.9. The number of hydrogen-bond donors (Lipinski definition) is 2. The van der Waals surface area contributed by atoms with Crippen molar-refractivity contribution >= 4 is 29.9 Å². The first-order valence-electron chi connectivity index (χ1n) is 10.9. The maximum absolute atomic E-state index is 5.45. The number of nitrogens with one attached hydrogen (secondary N) is 2. The largest absolute Gasteiger partial charge is 0.497 e. The van der Waals surface area contributed by atoms with Crippen molar-refractivity contribution in [3.05, 3.63) is 59.9 Å². The molecule has 2 N–H and O–H groups in total. The molecule has 0 radical (unpaired) electrons. The number of aromatic amines is 1. The number of guanidine groups is 1. The second-order valence-electron chi connectivity index (χ2n) is 7.78. The van der Waals surface area contributed by atoms with E-state index < -0.39 is 0 Å². The number of halogens is 1. The predicted molar refractivity (Wildman–Crippen MR) is 141 cm³/mol. The van der Waals surface area contributed by atoms with E-state index in [4.69, 9.17) is 14.5 Å². The van der Waals surface area contributed by atoms with E-state index in [1.54, 1.807) is 14.2 Å². The van der Waals surface area contributed by atoms with Crippen molar-refractivity contribution in [1.82, 2.24) is 25.4 Å². The molecule has 2 heterocycles. The van der Waals surface area contributed by atoms with E-state index in [2.05, 4.69) is 56.6 Å². The van der Waals surface area contributed by atoms with Crippen molar-refractivity contribution in [2.45, 2.75) is 25.8 Å². The van der Waals surface area contributed by atoms with Crippen LogP contribution in [0.25, 0.3) is 11.4 Å². The van der Waals surface area contributed by atoms with Crippen LogP contribution in [-0.4, -0.2) is 59.9 Å². The van der Waals surface area contributed by atoms with E-state index in [9.17, 15) is 0 Å². The molecule has 9 heteroatoms. The van der Waals surface area contributed by atoms with Gasteiger partial charge in [-0.1, -0.05) is 18.2 Å². The molecule has 0 bridgehead atoms. The topological polar surface area (TPSA) is 87.7 Å². The Morgan fingerprint density at radius 2 is 1.97 bits per heavy atom. The van der Waals surface area contributed by atoms with E-state index in [1.807, 2.05) is 18.2 Å². The molecule has 1 aliphatic rings. The molecule has 4 rings (SSSR count). The van der Waals surface area contributed by atoms with Crippen LogP contribution in [0.2, 0.25) is 0 Å². The Kier molecular flexibility index (Phi) is 8.93. The van der Waals surface area contributed by atoms with Crippen molar-refractivity contribution in [2.75, 3.05) is 33.9 Å². The number of rotatable bonds is 7. The van der Waals surface area contributed by atoms with E-state index in [0.717, 1.165) is 60.5 Å². The van der Waals surface area contributed by atoms with E-state index in [0.29, 0.717) is 12.5 Å². The molecular formula is C24H31IN6O2. The summed E-state index contributed by atoms with van der Waals surface area (Å²) in [5.41, 5.74) is 3.37. The fourth-order valence-corrected chi connectivity index (χ4v) is 4.04. The maximum Gasteiger partial charge on any atom is 0.194 e.